The summed E-state index contributed by atoms with van der Waals surface area (Å²) in [5.41, 5.74) is 9.67. The molecule has 3 N–H and O–H groups in total. The van der Waals surface area contributed by atoms with Gasteiger partial charge in [0.25, 0.3) is 0 Å². The highest BCUT2D eigenvalue weighted by Crippen LogP contribution is 2.09. The maximum atomic E-state index is 5.74. The van der Waals surface area contributed by atoms with Gasteiger partial charge >= 0.3 is 0 Å². The molecule has 3 nitrogen and oxygen atoms in total. The molecule has 0 spiro atoms. The van der Waals surface area contributed by atoms with Gasteiger partial charge in [-0.15, -0.1) is 0 Å². The third-order valence-electron chi connectivity index (χ3n) is 2.40. The zero-order valence-corrected chi connectivity index (χ0v) is 11.2. The van der Waals surface area contributed by atoms with Gasteiger partial charge in [-0.3, -0.25) is 4.99 Å². The summed E-state index contributed by atoms with van der Waals surface area (Å²) in [5, 5.41) is 3.08. The van der Waals surface area contributed by atoms with E-state index in [9.17, 15) is 0 Å². The van der Waals surface area contributed by atoms with E-state index in [1.807, 2.05) is 13.8 Å². The van der Waals surface area contributed by atoms with E-state index in [0.29, 0.717) is 12.0 Å². The molecular formula is C14H23N3. The van der Waals surface area contributed by atoms with Gasteiger partial charge < -0.3 is 11.1 Å². The Labute approximate surface area is 104 Å². The first-order chi connectivity index (χ1) is 7.97. The monoisotopic (exact) mass is 233 g/mol. The van der Waals surface area contributed by atoms with Gasteiger partial charge in [-0.1, -0.05) is 29.3 Å². The second-order valence-corrected chi connectivity index (χ2v) is 4.81. The van der Waals surface area contributed by atoms with Gasteiger partial charge in [0.15, 0.2) is 5.96 Å². The molecule has 0 atom stereocenters. The average molecular weight is 233 g/mol. The van der Waals surface area contributed by atoms with E-state index < -0.39 is 0 Å². The Morgan fingerprint density at radius 3 is 2.35 bits per heavy atom. The minimum Gasteiger partial charge on any atom is -0.370 e. The summed E-state index contributed by atoms with van der Waals surface area (Å²) in [4.78, 5) is 4.30. The summed E-state index contributed by atoms with van der Waals surface area (Å²) < 4.78 is 0. The molecular weight excluding hydrogens is 210 g/mol. The Hall–Kier alpha value is -1.51. The standard InChI is InChI=1S/C14H23N3/c1-10(2)17-14(15)16-6-5-13-8-11(3)7-12(4)9-13/h7-10H,5-6H2,1-4H3,(H3,15,16,17). The third-order valence-corrected chi connectivity index (χ3v) is 2.40. The van der Waals surface area contributed by atoms with E-state index in [0.717, 1.165) is 13.0 Å². The van der Waals surface area contributed by atoms with Crippen LogP contribution in [0.25, 0.3) is 0 Å². The number of hydrogen-bond acceptors (Lipinski definition) is 1. The van der Waals surface area contributed by atoms with Gasteiger partial charge in [0.05, 0.1) is 0 Å². The molecule has 0 unspecified atom stereocenters. The SMILES string of the molecule is Cc1cc(C)cc(CCN=C(N)NC(C)C)c1. The van der Waals surface area contributed by atoms with Crippen LogP contribution in [0.15, 0.2) is 23.2 Å². The van der Waals surface area contributed by atoms with Crippen molar-refractivity contribution in [1.82, 2.24) is 5.32 Å². The molecule has 0 aliphatic carbocycles. The molecule has 0 fully saturated rings. The zero-order valence-electron chi connectivity index (χ0n) is 11.2. The number of aryl methyl sites for hydroxylation is 2. The van der Waals surface area contributed by atoms with Gasteiger partial charge in [0, 0.05) is 12.6 Å². The smallest absolute Gasteiger partial charge is 0.188 e. The van der Waals surface area contributed by atoms with Crippen molar-refractivity contribution in [2.75, 3.05) is 6.54 Å². The first-order valence-electron chi connectivity index (χ1n) is 6.11. The Kier molecular flexibility index (Phi) is 5.01. The number of guanidine groups is 1. The molecule has 1 aromatic carbocycles. The number of hydrogen-bond donors (Lipinski definition) is 2. The van der Waals surface area contributed by atoms with E-state index in [-0.39, 0.29) is 0 Å². The third kappa shape index (κ3) is 5.38. The zero-order chi connectivity index (χ0) is 12.8. The lowest BCUT2D eigenvalue weighted by Gasteiger charge is -2.08. The minimum atomic E-state index is 0.333. The Morgan fingerprint density at radius 2 is 1.82 bits per heavy atom. The van der Waals surface area contributed by atoms with Crippen LogP contribution in [0.4, 0.5) is 0 Å². The molecule has 0 amide bonds. The van der Waals surface area contributed by atoms with E-state index in [4.69, 9.17) is 5.73 Å². The highest BCUT2D eigenvalue weighted by Gasteiger charge is 1.97. The van der Waals surface area contributed by atoms with Crippen LogP contribution in [-0.4, -0.2) is 18.5 Å². The first-order valence-corrected chi connectivity index (χ1v) is 6.11. The van der Waals surface area contributed by atoms with Crippen LogP contribution in [0.5, 0.6) is 0 Å². The average Bonchev–Trinajstić information content (AvgIpc) is 2.14. The number of aliphatic imine (C=N–C) groups is 1. The van der Waals surface area contributed by atoms with Crippen molar-refractivity contribution in [2.24, 2.45) is 10.7 Å². The van der Waals surface area contributed by atoms with Gasteiger partial charge in [0.1, 0.15) is 0 Å². The summed E-state index contributed by atoms with van der Waals surface area (Å²) in [5.74, 6) is 0.532. The Morgan fingerprint density at radius 1 is 1.24 bits per heavy atom. The van der Waals surface area contributed by atoms with Gasteiger partial charge in [-0.2, -0.15) is 0 Å². The molecule has 0 radical (unpaired) electrons. The van der Waals surface area contributed by atoms with Crippen molar-refractivity contribution < 1.29 is 0 Å². The molecule has 3 heteroatoms. The van der Waals surface area contributed by atoms with E-state index >= 15 is 0 Å². The highest BCUT2D eigenvalue weighted by molar-refractivity contribution is 5.78. The van der Waals surface area contributed by atoms with E-state index in [1.165, 1.54) is 16.7 Å². The largest absolute Gasteiger partial charge is 0.370 e. The molecule has 1 rings (SSSR count). The summed E-state index contributed by atoms with van der Waals surface area (Å²) in [6.45, 7) is 9.07. The van der Waals surface area contributed by atoms with Gasteiger partial charge in [0.2, 0.25) is 0 Å². The second kappa shape index (κ2) is 6.28. The number of nitrogens with zero attached hydrogens (tertiary/aromatic N) is 1. The molecule has 0 aromatic heterocycles. The van der Waals surface area contributed by atoms with Crippen LogP contribution in [0, 0.1) is 13.8 Å². The number of benzene rings is 1. The normalized spacial score (nSPS) is 11.9. The van der Waals surface area contributed by atoms with Gasteiger partial charge in [-0.05, 0) is 39.7 Å². The summed E-state index contributed by atoms with van der Waals surface area (Å²) in [6.07, 6.45) is 0.934. The molecule has 0 saturated carbocycles. The van der Waals surface area contributed by atoms with Crippen molar-refractivity contribution >= 4 is 5.96 Å². The molecule has 0 heterocycles. The fraction of sp³-hybridized carbons (Fsp3) is 0.500. The molecule has 0 aliphatic heterocycles. The van der Waals surface area contributed by atoms with E-state index in [2.05, 4.69) is 42.4 Å². The van der Waals surface area contributed by atoms with Crippen LogP contribution in [0.2, 0.25) is 0 Å². The topological polar surface area (TPSA) is 50.4 Å². The highest BCUT2D eigenvalue weighted by atomic mass is 15.1. The summed E-state index contributed by atoms with van der Waals surface area (Å²) >= 11 is 0. The van der Waals surface area contributed by atoms with Crippen molar-refractivity contribution in [3.05, 3.63) is 34.9 Å². The molecule has 0 saturated heterocycles. The fourth-order valence-corrected chi connectivity index (χ4v) is 1.86. The van der Waals surface area contributed by atoms with Crippen LogP contribution >= 0.6 is 0 Å². The lowest BCUT2D eigenvalue weighted by Crippen LogP contribution is -2.36. The maximum absolute atomic E-state index is 5.74. The van der Waals surface area contributed by atoms with Gasteiger partial charge in [-0.25, -0.2) is 0 Å². The lowest BCUT2D eigenvalue weighted by atomic mass is 10.1. The van der Waals surface area contributed by atoms with Crippen molar-refractivity contribution in [1.29, 1.82) is 0 Å². The molecule has 0 bridgehead atoms. The lowest BCUT2D eigenvalue weighted by molar-refractivity contribution is 0.723. The van der Waals surface area contributed by atoms with Crippen molar-refractivity contribution in [3.8, 4) is 0 Å². The molecule has 94 valence electrons. The summed E-state index contributed by atoms with van der Waals surface area (Å²) in [7, 11) is 0. The van der Waals surface area contributed by atoms with Crippen LogP contribution in [0.1, 0.15) is 30.5 Å². The van der Waals surface area contributed by atoms with Crippen LogP contribution < -0.4 is 11.1 Å². The molecule has 1 aromatic rings. The molecule has 17 heavy (non-hydrogen) atoms. The molecule has 0 aliphatic rings. The summed E-state index contributed by atoms with van der Waals surface area (Å²) in [6, 6.07) is 6.92. The fourth-order valence-electron chi connectivity index (χ4n) is 1.86. The number of nitrogens with one attached hydrogen (secondary N) is 1. The van der Waals surface area contributed by atoms with E-state index in [1.54, 1.807) is 0 Å². The predicted molar refractivity (Wildman–Crippen MR) is 74.4 cm³/mol. The Bertz CT molecular complexity index is 374. The second-order valence-electron chi connectivity index (χ2n) is 4.81. The number of rotatable bonds is 4. The minimum absolute atomic E-state index is 0.333. The maximum Gasteiger partial charge on any atom is 0.188 e. The van der Waals surface area contributed by atoms with Crippen LogP contribution in [0.3, 0.4) is 0 Å². The predicted octanol–water partition coefficient (Wildman–Crippen LogP) is 2.16. The quantitative estimate of drug-likeness (QED) is 0.618. The first kappa shape index (κ1) is 13.6. The Balaban J connectivity index is 2.50. The number of nitrogens with two attached hydrogens (primary N) is 1. The van der Waals surface area contributed by atoms with Crippen molar-refractivity contribution in [3.63, 3.8) is 0 Å². The van der Waals surface area contributed by atoms with Crippen molar-refractivity contribution in [2.45, 2.75) is 40.2 Å². The van der Waals surface area contributed by atoms with Crippen LogP contribution in [-0.2, 0) is 6.42 Å².